The summed E-state index contributed by atoms with van der Waals surface area (Å²) in [6, 6.07) is 9.53. The molecule has 0 aliphatic rings. The Morgan fingerprint density at radius 2 is 2.04 bits per heavy atom. The molecule has 0 saturated carbocycles. The number of rotatable bonds is 6. The number of para-hydroxylation sites is 2. The van der Waals surface area contributed by atoms with Gasteiger partial charge in [-0.3, -0.25) is 4.79 Å². The molecule has 0 amide bonds. The van der Waals surface area contributed by atoms with Gasteiger partial charge in [-0.2, -0.15) is 0 Å². The molecule has 130 valence electrons. The van der Waals surface area contributed by atoms with Crippen molar-refractivity contribution < 1.29 is 9.90 Å². The van der Waals surface area contributed by atoms with Crippen molar-refractivity contribution in [2.45, 2.75) is 40.0 Å². The smallest absolute Gasteiger partial charge is 0.184 e. The SMILES string of the molecule is C=CCn1c(C)cc(C(=O)Cn2c([C@@H](C)O)nc3ccccc32)c1C. The summed E-state index contributed by atoms with van der Waals surface area (Å²) >= 11 is 0. The van der Waals surface area contributed by atoms with Gasteiger partial charge in [-0.1, -0.05) is 18.2 Å². The Balaban J connectivity index is 2.02. The number of aromatic nitrogens is 3. The lowest BCUT2D eigenvalue weighted by Crippen LogP contribution is -2.15. The molecule has 1 N–H and O–H groups in total. The van der Waals surface area contributed by atoms with E-state index in [1.54, 1.807) is 6.92 Å². The fraction of sp³-hybridized carbons (Fsp3) is 0.300. The third-order valence-electron chi connectivity index (χ3n) is 4.55. The van der Waals surface area contributed by atoms with E-state index in [9.17, 15) is 9.90 Å². The molecule has 1 atom stereocenters. The molecular formula is C20H23N3O2. The van der Waals surface area contributed by atoms with E-state index in [2.05, 4.69) is 16.1 Å². The van der Waals surface area contributed by atoms with E-state index in [-0.39, 0.29) is 12.3 Å². The van der Waals surface area contributed by atoms with Crippen LogP contribution in [0.5, 0.6) is 0 Å². The van der Waals surface area contributed by atoms with Crippen molar-refractivity contribution in [3.05, 3.63) is 65.8 Å². The molecule has 0 spiro atoms. The zero-order valence-corrected chi connectivity index (χ0v) is 14.9. The van der Waals surface area contributed by atoms with Crippen LogP contribution in [0.25, 0.3) is 11.0 Å². The number of benzene rings is 1. The molecule has 25 heavy (non-hydrogen) atoms. The fourth-order valence-corrected chi connectivity index (χ4v) is 3.30. The number of aryl methyl sites for hydroxylation is 1. The van der Waals surface area contributed by atoms with Gasteiger partial charge in [-0.25, -0.2) is 4.98 Å². The summed E-state index contributed by atoms with van der Waals surface area (Å²) in [6.45, 7) is 10.2. The van der Waals surface area contributed by atoms with Crippen molar-refractivity contribution in [2.75, 3.05) is 0 Å². The molecule has 2 aromatic heterocycles. The zero-order chi connectivity index (χ0) is 18.1. The van der Waals surface area contributed by atoms with E-state index >= 15 is 0 Å². The summed E-state index contributed by atoms with van der Waals surface area (Å²) in [5.74, 6) is 0.517. The fourth-order valence-electron chi connectivity index (χ4n) is 3.30. The van der Waals surface area contributed by atoms with Crippen LogP contribution in [0.1, 0.15) is 40.6 Å². The highest BCUT2D eigenvalue weighted by molar-refractivity contribution is 5.98. The Morgan fingerprint density at radius 3 is 2.72 bits per heavy atom. The second-order valence-corrected chi connectivity index (χ2v) is 6.33. The van der Waals surface area contributed by atoms with Crippen LogP contribution in [0.15, 0.2) is 43.0 Å². The first-order valence-electron chi connectivity index (χ1n) is 8.38. The molecule has 0 unspecified atom stereocenters. The normalized spacial score (nSPS) is 12.5. The maximum Gasteiger partial charge on any atom is 0.184 e. The molecule has 0 radical (unpaired) electrons. The molecule has 0 aliphatic carbocycles. The van der Waals surface area contributed by atoms with Gasteiger partial charge in [-0.15, -0.1) is 6.58 Å². The van der Waals surface area contributed by atoms with Crippen LogP contribution < -0.4 is 0 Å². The van der Waals surface area contributed by atoms with Gasteiger partial charge in [0.25, 0.3) is 0 Å². The largest absolute Gasteiger partial charge is 0.385 e. The predicted octanol–water partition coefficient (Wildman–Crippen LogP) is 3.58. The molecule has 5 heteroatoms. The van der Waals surface area contributed by atoms with Crippen molar-refractivity contribution in [2.24, 2.45) is 0 Å². The number of carbonyl (C=O) groups excluding carboxylic acids is 1. The number of fused-ring (bicyclic) bond motifs is 1. The van der Waals surface area contributed by atoms with Crippen LogP contribution in [0, 0.1) is 13.8 Å². The number of hydrogen-bond acceptors (Lipinski definition) is 3. The monoisotopic (exact) mass is 337 g/mol. The first-order chi connectivity index (χ1) is 11.9. The molecule has 3 aromatic rings. The first-order valence-corrected chi connectivity index (χ1v) is 8.38. The molecule has 0 fully saturated rings. The van der Waals surface area contributed by atoms with Crippen LogP contribution in [0.2, 0.25) is 0 Å². The topological polar surface area (TPSA) is 60.0 Å². The lowest BCUT2D eigenvalue weighted by Gasteiger charge is -2.11. The minimum Gasteiger partial charge on any atom is -0.385 e. The molecule has 0 saturated heterocycles. The summed E-state index contributed by atoms with van der Waals surface area (Å²) in [6.07, 6.45) is 1.08. The molecule has 3 rings (SSSR count). The van der Waals surface area contributed by atoms with E-state index in [4.69, 9.17) is 0 Å². The van der Waals surface area contributed by atoms with Crippen LogP contribution in [0.3, 0.4) is 0 Å². The number of imidazole rings is 1. The predicted molar refractivity (Wildman–Crippen MR) is 98.8 cm³/mol. The highest BCUT2D eigenvalue weighted by Crippen LogP contribution is 2.23. The van der Waals surface area contributed by atoms with E-state index in [1.165, 1.54) is 0 Å². The standard InChI is InChI=1S/C20H23N3O2/c1-5-10-22-13(2)11-16(14(22)3)19(25)12-23-18-9-7-6-8-17(18)21-20(23)15(4)24/h5-9,11,15,24H,1,10,12H2,2-4H3/t15-/m1/s1. The Morgan fingerprint density at radius 1 is 1.32 bits per heavy atom. The highest BCUT2D eigenvalue weighted by atomic mass is 16.3. The summed E-state index contributed by atoms with van der Waals surface area (Å²) in [4.78, 5) is 17.4. The summed E-state index contributed by atoms with van der Waals surface area (Å²) in [5, 5.41) is 10.1. The zero-order valence-electron chi connectivity index (χ0n) is 14.9. The van der Waals surface area contributed by atoms with E-state index in [0.717, 1.165) is 22.4 Å². The van der Waals surface area contributed by atoms with Gasteiger partial charge in [-0.05, 0) is 39.0 Å². The number of ketones is 1. The Hall–Kier alpha value is -2.66. The average molecular weight is 337 g/mol. The van der Waals surface area contributed by atoms with Crippen LogP contribution >= 0.6 is 0 Å². The second-order valence-electron chi connectivity index (χ2n) is 6.33. The van der Waals surface area contributed by atoms with Crippen molar-refractivity contribution >= 4 is 16.8 Å². The minimum absolute atomic E-state index is 0.00784. The molecule has 2 heterocycles. The van der Waals surface area contributed by atoms with Crippen molar-refractivity contribution in [1.82, 2.24) is 14.1 Å². The van der Waals surface area contributed by atoms with Crippen molar-refractivity contribution in [3.8, 4) is 0 Å². The second kappa shape index (κ2) is 6.69. The summed E-state index contributed by atoms with van der Waals surface area (Å²) < 4.78 is 3.88. The summed E-state index contributed by atoms with van der Waals surface area (Å²) in [7, 11) is 0. The quantitative estimate of drug-likeness (QED) is 0.552. The minimum atomic E-state index is -0.742. The van der Waals surface area contributed by atoms with Gasteiger partial charge < -0.3 is 14.2 Å². The van der Waals surface area contributed by atoms with Gasteiger partial charge >= 0.3 is 0 Å². The lowest BCUT2D eigenvalue weighted by molar-refractivity contribution is 0.0967. The molecular weight excluding hydrogens is 314 g/mol. The molecule has 1 aromatic carbocycles. The molecule has 0 bridgehead atoms. The number of aliphatic hydroxyl groups excluding tert-OH is 1. The van der Waals surface area contributed by atoms with Crippen molar-refractivity contribution in [3.63, 3.8) is 0 Å². The van der Waals surface area contributed by atoms with Crippen LogP contribution in [-0.4, -0.2) is 25.0 Å². The van der Waals surface area contributed by atoms with Gasteiger partial charge in [0.05, 0.1) is 17.6 Å². The third kappa shape index (κ3) is 3.03. The number of carbonyl (C=O) groups is 1. The Labute approximate surface area is 147 Å². The van der Waals surface area contributed by atoms with Crippen LogP contribution in [0.4, 0.5) is 0 Å². The van der Waals surface area contributed by atoms with Gasteiger partial charge in [0.15, 0.2) is 5.78 Å². The number of nitrogens with zero attached hydrogens (tertiary/aromatic N) is 3. The number of aliphatic hydroxyl groups is 1. The van der Waals surface area contributed by atoms with Crippen molar-refractivity contribution in [1.29, 1.82) is 0 Å². The van der Waals surface area contributed by atoms with Gasteiger partial charge in [0.2, 0.25) is 0 Å². The van der Waals surface area contributed by atoms with Gasteiger partial charge in [0, 0.05) is 23.5 Å². The average Bonchev–Trinajstić information content (AvgIpc) is 3.08. The maximum absolute atomic E-state index is 13.0. The third-order valence-corrected chi connectivity index (χ3v) is 4.55. The van der Waals surface area contributed by atoms with Crippen LogP contribution in [-0.2, 0) is 13.1 Å². The van der Waals surface area contributed by atoms with Gasteiger partial charge in [0.1, 0.15) is 11.9 Å². The Kier molecular flexibility index (Phi) is 4.59. The molecule has 0 aliphatic heterocycles. The van der Waals surface area contributed by atoms with E-state index in [1.807, 2.05) is 54.8 Å². The maximum atomic E-state index is 13.0. The lowest BCUT2D eigenvalue weighted by atomic mass is 10.1. The van der Waals surface area contributed by atoms with E-state index in [0.29, 0.717) is 17.9 Å². The number of Topliss-reactive ketones (excluding diaryl/α,β-unsaturated/α-hetero) is 1. The number of hydrogen-bond donors (Lipinski definition) is 1. The molecule has 5 nitrogen and oxygen atoms in total. The number of allylic oxidation sites excluding steroid dienone is 1. The Bertz CT molecular complexity index is 947. The summed E-state index contributed by atoms with van der Waals surface area (Å²) in [5.41, 5.74) is 4.31. The highest BCUT2D eigenvalue weighted by Gasteiger charge is 2.20. The van der Waals surface area contributed by atoms with E-state index < -0.39 is 6.10 Å². The first kappa shape index (κ1) is 17.2.